The first-order valence-electron chi connectivity index (χ1n) is 6.82. The summed E-state index contributed by atoms with van der Waals surface area (Å²) in [5, 5.41) is 21.4. The van der Waals surface area contributed by atoms with Crippen LogP contribution >= 0.6 is 0 Å². The molecule has 0 fully saturated rings. The standard InChI is InChI=1S/C16H20N2O2/c1-10-14-7-11-6-12(17(2)3)4-5-13(11)16(14)18(9-20)15(10)8-19/h4,6-7,19-20H,5,8-9H2,1-3H3. The van der Waals surface area contributed by atoms with E-state index in [9.17, 15) is 10.2 Å². The van der Waals surface area contributed by atoms with Crippen LogP contribution in [0.4, 0.5) is 0 Å². The molecule has 20 heavy (non-hydrogen) atoms. The van der Waals surface area contributed by atoms with E-state index in [4.69, 9.17) is 0 Å². The van der Waals surface area contributed by atoms with E-state index in [1.807, 2.05) is 25.6 Å². The Morgan fingerprint density at radius 2 is 2.00 bits per heavy atom. The molecular formula is C16H20N2O2. The first-order chi connectivity index (χ1) is 9.58. The van der Waals surface area contributed by atoms with Crippen molar-refractivity contribution in [3.05, 3.63) is 45.2 Å². The summed E-state index contributed by atoms with van der Waals surface area (Å²) in [7, 11) is 4.08. The smallest absolute Gasteiger partial charge is 0.120 e. The molecule has 2 N–H and O–H groups in total. The molecule has 0 aliphatic heterocycles. The fourth-order valence-corrected chi connectivity index (χ4v) is 3.14. The van der Waals surface area contributed by atoms with Crippen LogP contribution in [0.15, 0.2) is 23.4 Å². The van der Waals surface area contributed by atoms with Crippen molar-refractivity contribution in [3.63, 3.8) is 0 Å². The summed E-state index contributed by atoms with van der Waals surface area (Å²) in [5.74, 6) is 0. The highest BCUT2D eigenvalue weighted by molar-refractivity contribution is 5.84. The second-order valence-electron chi connectivity index (χ2n) is 5.51. The Morgan fingerprint density at radius 3 is 2.60 bits per heavy atom. The third-order valence-corrected chi connectivity index (χ3v) is 4.25. The number of hydrogen-bond acceptors (Lipinski definition) is 3. The van der Waals surface area contributed by atoms with Gasteiger partial charge in [-0.15, -0.1) is 0 Å². The van der Waals surface area contributed by atoms with Crippen molar-refractivity contribution in [2.45, 2.75) is 26.7 Å². The summed E-state index contributed by atoms with van der Waals surface area (Å²) in [6, 6.07) is 0. The molecule has 3 rings (SSSR count). The van der Waals surface area contributed by atoms with Crippen LogP contribution in [0, 0.1) is 6.92 Å². The molecule has 0 saturated carbocycles. The predicted octanol–water partition coefficient (Wildman–Crippen LogP) is -0.0410. The maximum Gasteiger partial charge on any atom is 0.120 e. The molecule has 0 aromatic carbocycles. The third kappa shape index (κ3) is 1.69. The summed E-state index contributed by atoms with van der Waals surface area (Å²) < 4.78 is 1.83. The molecule has 1 heterocycles. The van der Waals surface area contributed by atoms with Crippen LogP contribution in [-0.2, 0) is 13.3 Å². The topological polar surface area (TPSA) is 48.6 Å². The lowest BCUT2D eigenvalue weighted by molar-refractivity contribution is 0.189. The van der Waals surface area contributed by atoms with Gasteiger partial charge in [-0.2, -0.15) is 0 Å². The number of likely N-dealkylation sites (N-methyl/N-ethyl adjacent to an activating group) is 1. The van der Waals surface area contributed by atoms with E-state index >= 15 is 0 Å². The van der Waals surface area contributed by atoms with Crippen LogP contribution in [-0.4, -0.2) is 33.8 Å². The zero-order valence-electron chi connectivity index (χ0n) is 12.1. The predicted molar refractivity (Wildman–Crippen MR) is 78.9 cm³/mol. The fraction of sp³-hybridized carbons (Fsp3) is 0.375. The molecule has 1 aromatic heterocycles. The van der Waals surface area contributed by atoms with E-state index in [2.05, 4.69) is 23.1 Å². The number of rotatable bonds is 3. The maximum absolute atomic E-state index is 9.64. The van der Waals surface area contributed by atoms with E-state index in [1.54, 1.807) is 0 Å². The monoisotopic (exact) mass is 272 g/mol. The highest BCUT2D eigenvalue weighted by Gasteiger charge is 2.22. The minimum atomic E-state index is -0.0963. The Hall–Kier alpha value is -1.78. The molecule has 1 aromatic rings. The van der Waals surface area contributed by atoms with Gasteiger partial charge in [-0.05, 0) is 42.2 Å². The SMILES string of the molecule is Cc1c(CO)n(CO)c2c1=CC1=CC(N(C)C)=CCC=21. The molecule has 0 radical (unpaired) electrons. The lowest BCUT2D eigenvalue weighted by Crippen LogP contribution is -2.30. The van der Waals surface area contributed by atoms with Gasteiger partial charge in [0.05, 0.1) is 12.0 Å². The van der Waals surface area contributed by atoms with Gasteiger partial charge >= 0.3 is 0 Å². The second-order valence-corrected chi connectivity index (χ2v) is 5.51. The highest BCUT2D eigenvalue weighted by atomic mass is 16.3. The zero-order chi connectivity index (χ0) is 14.4. The third-order valence-electron chi connectivity index (χ3n) is 4.25. The average Bonchev–Trinajstić information content (AvgIpc) is 2.93. The summed E-state index contributed by atoms with van der Waals surface area (Å²) in [6.45, 7) is 1.87. The van der Waals surface area contributed by atoms with Crippen molar-refractivity contribution >= 4 is 11.6 Å². The van der Waals surface area contributed by atoms with Crippen LogP contribution < -0.4 is 10.6 Å². The van der Waals surface area contributed by atoms with Gasteiger partial charge in [0.1, 0.15) is 6.73 Å². The lowest BCUT2D eigenvalue weighted by atomic mass is 9.99. The molecule has 0 atom stereocenters. The average molecular weight is 272 g/mol. The number of aliphatic hydroxyl groups is 2. The van der Waals surface area contributed by atoms with E-state index in [-0.39, 0.29) is 13.3 Å². The van der Waals surface area contributed by atoms with E-state index in [1.165, 1.54) is 16.8 Å². The molecule has 2 aliphatic rings. The highest BCUT2D eigenvalue weighted by Crippen LogP contribution is 2.27. The van der Waals surface area contributed by atoms with Gasteiger partial charge in [-0.25, -0.2) is 0 Å². The Labute approximate surface area is 118 Å². The molecule has 4 nitrogen and oxygen atoms in total. The number of aromatic nitrogens is 1. The normalized spacial score (nSPS) is 16.4. The molecule has 4 heteroatoms. The molecule has 0 amide bonds. The Morgan fingerprint density at radius 1 is 1.25 bits per heavy atom. The number of aliphatic hydroxyl groups excluding tert-OH is 2. The van der Waals surface area contributed by atoms with Gasteiger partial charge in [0.15, 0.2) is 0 Å². The van der Waals surface area contributed by atoms with Gasteiger partial charge in [0, 0.05) is 30.7 Å². The first-order valence-corrected chi connectivity index (χ1v) is 6.82. The first kappa shape index (κ1) is 13.2. The van der Waals surface area contributed by atoms with Gasteiger partial charge in [-0.3, -0.25) is 0 Å². The van der Waals surface area contributed by atoms with Gasteiger partial charge in [0.2, 0.25) is 0 Å². The molecule has 2 aliphatic carbocycles. The molecule has 0 unspecified atom stereocenters. The van der Waals surface area contributed by atoms with E-state index < -0.39 is 0 Å². The number of nitrogens with zero attached hydrogens (tertiary/aromatic N) is 2. The van der Waals surface area contributed by atoms with Crippen LogP contribution in [0.5, 0.6) is 0 Å². The molecular weight excluding hydrogens is 252 g/mol. The van der Waals surface area contributed by atoms with Crippen molar-refractivity contribution < 1.29 is 10.2 Å². The van der Waals surface area contributed by atoms with Crippen LogP contribution in [0.3, 0.4) is 0 Å². The largest absolute Gasteiger partial charge is 0.390 e. The van der Waals surface area contributed by atoms with E-state index in [0.29, 0.717) is 0 Å². The Balaban J connectivity index is 2.26. The Kier molecular flexibility index (Phi) is 3.07. The summed E-state index contributed by atoms with van der Waals surface area (Å²) >= 11 is 0. The minimum absolute atomic E-state index is 0.0433. The summed E-state index contributed by atoms with van der Waals surface area (Å²) in [5.41, 5.74) is 5.53. The van der Waals surface area contributed by atoms with Crippen LogP contribution in [0.2, 0.25) is 0 Å². The fourth-order valence-electron chi connectivity index (χ4n) is 3.14. The Bertz CT molecular complexity index is 748. The second kappa shape index (κ2) is 4.65. The molecule has 106 valence electrons. The van der Waals surface area contributed by atoms with Gasteiger partial charge in [-0.1, -0.05) is 6.08 Å². The van der Waals surface area contributed by atoms with Gasteiger partial charge in [0.25, 0.3) is 0 Å². The number of hydrogen-bond donors (Lipinski definition) is 2. The number of allylic oxidation sites excluding steroid dienone is 3. The van der Waals surface area contributed by atoms with Crippen molar-refractivity contribution in [2.24, 2.45) is 0 Å². The van der Waals surface area contributed by atoms with Crippen molar-refractivity contribution in [1.82, 2.24) is 9.47 Å². The van der Waals surface area contributed by atoms with Crippen molar-refractivity contribution in [2.75, 3.05) is 14.1 Å². The minimum Gasteiger partial charge on any atom is -0.390 e. The zero-order valence-corrected chi connectivity index (χ0v) is 12.1. The molecule has 0 saturated heterocycles. The van der Waals surface area contributed by atoms with Crippen LogP contribution in [0.25, 0.3) is 11.6 Å². The van der Waals surface area contributed by atoms with Gasteiger partial charge < -0.3 is 19.7 Å². The quantitative estimate of drug-likeness (QED) is 0.812. The molecule has 0 spiro atoms. The summed E-state index contributed by atoms with van der Waals surface area (Å²) in [6.07, 6.45) is 7.40. The van der Waals surface area contributed by atoms with Crippen molar-refractivity contribution in [1.29, 1.82) is 0 Å². The maximum atomic E-state index is 9.64. The van der Waals surface area contributed by atoms with Crippen molar-refractivity contribution in [3.8, 4) is 0 Å². The molecule has 0 bridgehead atoms. The van der Waals surface area contributed by atoms with E-state index in [0.717, 1.165) is 28.2 Å². The lowest BCUT2D eigenvalue weighted by Gasteiger charge is -2.19. The summed E-state index contributed by atoms with van der Waals surface area (Å²) in [4.78, 5) is 2.10. The number of fused-ring (bicyclic) bond motifs is 2. The van der Waals surface area contributed by atoms with Crippen LogP contribution in [0.1, 0.15) is 17.7 Å².